The van der Waals surface area contributed by atoms with Crippen molar-refractivity contribution in [2.75, 3.05) is 13.2 Å². The zero-order chi connectivity index (χ0) is 7.23. The predicted octanol–water partition coefficient (Wildman–Crippen LogP) is 2.42. The molecule has 0 N–H and O–H groups in total. The molecule has 1 heteroatoms. The highest BCUT2D eigenvalue weighted by atomic mass is 16.5. The Morgan fingerprint density at radius 2 is 2.00 bits per heavy atom. The molecule has 0 saturated carbocycles. The van der Waals surface area contributed by atoms with Gasteiger partial charge in [-0.05, 0) is 6.42 Å². The minimum Gasteiger partial charge on any atom is -0.381 e. The number of rotatable bonds is 5. The molecule has 1 aliphatic rings. The zero-order valence-corrected chi connectivity index (χ0v) is 6.64. The molecule has 1 saturated heterocycles. The molecule has 0 amide bonds. The largest absolute Gasteiger partial charge is 0.381 e. The first-order valence-electron chi connectivity index (χ1n) is 4.30. The Bertz CT molecular complexity index is 76.8. The van der Waals surface area contributed by atoms with Gasteiger partial charge in [-0.1, -0.05) is 32.6 Å². The molecule has 0 aromatic heterocycles. The van der Waals surface area contributed by atoms with E-state index in [1.165, 1.54) is 25.7 Å². The van der Waals surface area contributed by atoms with Gasteiger partial charge >= 0.3 is 0 Å². The minimum absolute atomic E-state index is 0.893. The van der Waals surface area contributed by atoms with Gasteiger partial charge < -0.3 is 4.74 Å². The van der Waals surface area contributed by atoms with Crippen LogP contribution in [-0.2, 0) is 4.74 Å². The van der Waals surface area contributed by atoms with Crippen LogP contribution in [0.2, 0.25) is 0 Å². The smallest absolute Gasteiger partial charge is 0.0516 e. The van der Waals surface area contributed by atoms with Gasteiger partial charge in [0.25, 0.3) is 0 Å². The van der Waals surface area contributed by atoms with Crippen LogP contribution in [-0.4, -0.2) is 13.2 Å². The summed E-state index contributed by atoms with van der Waals surface area (Å²) in [5.74, 6) is 0.893. The fourth-order valence-electron chi connectivity index (χ4n) is 1.24. The highest BCUT2D eigenvalue weighted by Gasteiger charge is 2.16. The van der Waals surface area contributed by atoms with Gasteiger partial charge in [-0.25, -0.2) is 0 Å². The number of ether oxygens (including phenoxy) is 1. The summed E-state index contributed by atoms with van der Waals surface area (Å²) in [5.41, 5.74) is 0. The first kappa shape index (κ1) is 8.06. The molecule has 0 bridgehead atoms. The van der Waals surface area contributed by atoms with Crippen molar-refractivity contribution in [3.63, 3.8) is 0 Å². The molecule has 1 heterocycles. The van der Waals surface area contributed by atoms with Crippen LogP contribution in [0, 0.1) is 12.8 Å². The maximum atomic E-state index is 5.08. The Balaban J connectivity index is 1.76. The fourth-order valence-corrected chi connectivity index (χ4v) is 1.24. The second-order valence-corrected chi connectivity index (χ2v) is 3.11. The summed E-state index contributed by atoms with van der Waals surface area (Å²) in [7, 11) is 0. The van der Waals surface area contributed by atoms with Crippen molar-refractivity contribution in [1.82, 2.24) is 0 Å². The van der Waals surface area contributed by atoms with Gasteiger partial charge in [-0.15, -0.1) is 0 Å². The van der Waals surface area contributed by atoms with E-state index < -0.39 is 0 Å². The maximum Gasteiger partial charge on any atom is 0.0516 e. The van der Waals surface area contributed by atoms with Crippen molar-refractivity contribution >= 4 is 0 Å². The van der Waals surface area contributed by atoms with Crippen LogP contribution in [0.25, 0.3) is 0 Å². The van der Waals surface area contributed by atoms with Crippen LogP contribution in [0.15, 0.2) is 0 Å². The van der Waals surface area contributed by atoms with E-state index in [0.29, 0.717) is 0 Å². The monoisotopic (exact) mass is 141 g/mol. The summed E-state index contributed by atoms with van der Waals surface area (Å²) < 4.78 is 5.08. The van der Waals surface area contributed by atoms with E-state index in [9.17, 15) is 0 Å². The third-order valence-corrected chi connectivity index (χ3v) is 2.07. The lowest BCUT2D eigenvalue weighted by molar-refractivity contribution is -0.0364. The van der Waals surface area contributed by atoms with Crippen molar-refractivity contribution in [2.45, 2.75) is 32.1 Å². The molecule has 1 rings (SSSR count). The maximum absolute atomic E-state index is 5.08. The minimum atomic E-state index is 0.893. The van der Waals surface area contributed by atoms with Crippen LogP contribution >= 0.6 is 0 Å². The second kappa shape index (κ2) is 4.73. The Labute approximate surface area is 63.8 Å². The van der Waals surface area contributed by atoms with Crippen LogP contribution in [0.3, 0.4) is 0 Å². The molecule has 0 spiro atoms. The van der Waals surface area contributed by atoms with E-state index in [-0.39, 0.29) is 0 Å². The first-order valence-corrected chi connectivity index (χ1v) is 4.30. The first-order chi connectivity index (χ1) is 4.93. The van der Waals surface area contributed by atoms with Gasteiger partial charge in [-0.2, -0.15) is 0 Å². The molecule has 0 aromatic rings. The summed E-state index contributed by atoms with van der Waals surface area (Å²) in [6.45, 7) is 5.85. The Morgan fingerprint density at radius 1 is 1.20 bits per heavy atom. The fraction of sp³-hybridized carbons (Fsp3) is 0.889. The summed E-state index contributed by atoms with van der Waals surface area (Å²) in [4.78, 5) is 0. The van der Waals surface area contributed by atoms with Crippen molar-refractivity contribution in [2.24, 2.45) is 5.92 Å². The SMILES string of the molecule is [CH2]CCCCCC1COC1. The molecule has 0 aliphatic carbocycles. The third-order valence-electron chi connectivity index (χ3n) is 2.07. The van der Waals surface area contributed by atoms with Gasteiger partial charge in [0.2, 0.25) is 0 Å². The number of hydrogen-bond acceptors (Lipinski definition) is 1. The molecule has 0 atom stereocenters. The van der Waals surface area contributed by atoms with Crippen molar-refractivity contribution < 1.29 is 4.74 Å². The number of unbranched alkanes of at least 4 members (excludes halogenated alkanes) is 3. The van der Waals surface area contributed by atoms with Crippen molar-refractivity contribution in [1.29, 1.82) is 0 Å². The lowest BCUT2D eigenvalue weighted by Gasteiger charge is -2.25. The summed E-state index contributed by atoms with van der Waals surface area (Å²) in [5, 5.41) is 0. The average Bonchev–Trinajstić information content (AvgIpc) is 1.84. The zero-order valence-electron chi connectivity index (χ0n) is 6.64. The van der Waals surface area contributed by atoms with Crippen LogP contribution in [0.5, 0.6) is 0 Å². The molecule has 59 valence electrons. The van der Waals surface area contributed by atoms with E-state index in [0.717, 1.165) is 25.6 Å². The second-order valence-electron chi connectivity index (χ2n) is 3.11. The van der Waals surface area contributed by atoms with Gasteiger partial charge in [0.15, 0.2) is 0 Å². The van der Waals surface area contributed by atoms with Gasteiger partial charge in [0, 0.05) is 5.92 Å². The van der Waals surface area contributed by atoms with Crippen molar-refractivity contribution in [3.8, 4) is 0 Å². The molecule has 1 fully saturated rings. The number of hydrogen-bond donors (Lipinski definition) is 0. The Kier molecular flexibility index (Phi) is 3.81. The molecule has 1 radical (unpaired) electrons. The van der Waals surface area contributed by atoms with Crippen LogP contribution in [0.4, 0.5) is 0 Å². The van der Waals surface area contributed by atoms with E-state index in [2.05, 4.69) is 6.92 Å². The lowest BCUT2D eigenvalue weighted by atomic mass is 10.00. The van der Waals surface area contributed by atoms with E-state index >= 15 is 0 Å². The van der Waals surface area contributed by atoms with E-state index in [1.54, 1.807) is 0 Å². The molecule has 1 nitrogen and oxygen atoms in total. The quantitative estimate of drug-likeness (QED) is 0.534. The van der Waals surface area contributed by atoms with Crippen LogP contribution in [0.1, 0.15) is 32.1 Å². The van der Waals surface area contributed by atoms with Gasteiger partial charge in [0.05, 0.1) is 13.2 Å². The molecule has 0 aromatic carbocycles. The molecule has 1 aliphatic heterocycles. The summed E-state index contributed by atoms with van der Waals surface area (Å²) in [6, 6.07) is 0. The van der Waals surface area contributed by atoms with Crippen LogP contribution < -0.4 is 0 Å². The third kappa shape index (κ3) is 2.70. The normalized spacial score (nSPS) is 18.9. The van der Waals surface area contributed by atoms with E-state index in [4.69, 9.17) is 4.74 Å². The lowest BCUT2D eigenvalue weighted by Crippen LogP contribution is -2.27. The van der Waals surface area contributed by atoms with Gasteiger partial charge in [-0.3, -0.25) is 0 Å². The molecule has 10 heavy (non-hydrogen) atoms. The predicted molar refractivity (Wildman–Crippen MR) is 42.8 cm³/mol. The van der Waals surface area contributed by atoms with Gasteiger partial charge in [0.1, 0.15) is 0 Å². The standard InChI is InChI=1S/C9H17O/c1-2-3-4-5-6-9-7-10-8-9/h9H,1-8H2. The van der Waals surface area contributed by atoms with Crippen molar-refractivity contribution in [3.05, 3.63) is 6.92 Å². The highest BCUT2D eigenvalue weighted by Crippen LogP contribution is 2.17. The molecule has 0 unspecified atom stereocenters. The highest BCUT2D eigenvalue weighted by molar-refractivity contribution is 4.64. The summed E-state index contributed by atoms with van der Waals surface area (Å²) >= 11 is 0. The topological polar surface area (TPSA) is 9.23 Å². The Morgan fingerprint density at radius 3 is 2.50 bits per heavy atom. The van der Waals surface area contributed by atoms with E-state index in [1.807, 2.05) is 0 Å². The molecular formula is C9H17O. The summed E-state index contributed by atoms with van der Waals surface area (Å²) in [6.07, 6.45) is 6.51. The Hall–Kier alpha value is -0.0400. The average molecular weight is 141 g/mol. The molecular weight excluding hydrogens is 124 g/mol.